The quantitative estimate of drug-likeness (QED) is 0.175. The second kappa shape index (κ2) is 10.3. The molecule has 40 heavy (non-hydrogen) atoms. The summed E-state index contributed by atoms with van der Waals surface area (Å²) in [5, 5.41) is 37.1. The van der Waals surface area contributed by atoms with Crippen LogP contribution in [0.4, 0.5) is 0 Å². The van der Waals surface area contributed by atoms with Crippen molar-refractivity contribution in [2.45, 2.75) is 36.6 Å². The zero-order chi connectivity index (χ0) is 28.0. The number of carboxylic acid groups (broad SMARTS) is 2. The fraction of sp³-hybridized carbons (Fsp3) is 0.250. The Morgan fingerprint density at radius 2 is 1.70 bits per heavy atom. The van der Waals surface area contributed by atoms with Crippen molar-refractivity contribution in [1.82, 2.24) is 40.1 Å². The maximum atomic E-state index is 13.3. The minimum absolute atomic E-state index is 0.156. The Balaban J connectivity index is 1.34. The van der Waals surface area contributed by atoms with Crippen LogP contribution in [0.3, 0.4) is 0 Å². The van der Waals surface area contributed by atoms with Gasteiger partial charge in [-0.1, -0.05) is 34.7 Å². The molecule has 6 rings (SSSR count). The average molecular weight is 581 g/mol. The van der Waals surface area contributed by atoms with E-state index < -0.39 is 11.9 Å². The topological polar surface area (TPSA) is 206 Å². The van der Waals surface area contributed by atoms with Gasteiger partial charge in [0.1, 0.15) is 0 Å². The van der Waals surface area contributed by atoms with E-state index in [9.17, 15) is 14.4 Å². The van der Waals surface area contributed by atoms with Gasteiger partial charge in [-0.3, -0.25) is 24.6 Å². The van der Waals surface area contributed by atoms with Gasteiger partial charge in [-0.05, 0) is 42.0 Å². The lowest BCUT2D eigenvalue weighted by Gasteiger charge is -2.09. The van der Waals surface area contributed by atoms with Crippen LogP contribution in [0.1, 0.15) is 22.6 Å². The molecule has 0 unspecified atom stereocenters. The summed E-state index contributed by atoms with van der Waals surface area (Å²) < 4.78 is 7.38. The lowest BCUT2D eigenvalue weighted by atomic mass is 9.99. The smallest absolute Gasteiger partial charge is 0.313 e. The van der Waals surface area contributed by atoms with Gasteiger partial charge in [0.2, 0.25) is 10.3 Å². The molecule has 0 aliphatic carbocycles. The number of aryl methyl sites for hydroxylation is 3. The van der Waals surface area contributed by atoms with Gasteiger partial charge in [-0.15, -0.1) is 10.2 Å². The summed E-state index contributed by atoms with van der Waals surface area (Å²) >= 11 is 1.98. The molecular weight excluding hydrogens is 560 g/mol. The fourth-order valence-electron chi connectivity index (χ4n) is 4.73. The van der Waals surface area contributed by atoms with E-state index in [1.807, 2.05) is 6.07 Å². The largest absolute Gasteiger partial charge is 0.481 e. The van der Waals surface area contributed by atoms with Crippen LogP contribution in [0, 0.1) is 6.92 Å². The summed E-state index contributed by atoms with van der Waals surface area (Å²) in [6.07, 6.45) is 1.08. The first kappa shape index (κ1) is 25.8. The SMILES string of the molecule is Cc1noc(Cc2cc3c4c(c2)cc(-c2nc(SCC(=O)O)n[nH]2)c(=O)n4CC3)c1-c1nc(SCC(=O)O)n[nH]1. The number of aromatic amines is 2. The predicted molar refractivity (Wildman–Crippen MR) is 143 cm³/mol. The summed E-state index contributed by atoms with van der Waals surface area (Å²) in [6, 6.07) is 5.81. The first-order valence-corrected chi connectivity index (χ1v) is 13.9. The van der Waals surface area contributed by atoms with Crippen LogP contribution < -0.4 is 5.56 Å². The summed E-state index contributed by atoms with van der Waals surface area (Å²) in [4.78, 5) is 43.8. The fourth-order valence-corrected chi connectivity index (χ4v) is 5.77. The third-order valence-corrected chi connectivity index (χ3v) is 7.96. The van der Waals surface area contributed by atoms with Crippen molar-refractivity contribution >= 4 is 46.4 Å². The highest BCUT2D eigenvalue weighted by Gasteiger charge is 2.24. The number of nitrogens with one attached hydrogen (secondary N) is 2. The highest BCUT2D eigenvalue weighted by molar-refractivity contribution is 8.00. The number of nitrogens with zero attached hydrogens (tertiary/aromatic N) is 6. The van der Waals surface area contributed by atoms with Gasteiger partial charge in [0, 0.05) is 13.0 Å². The molecule has 1 aliphatic heterocycles. The maximum Gasteiger partial charge on any atom is 0.313 e. The third-order valence-electron chi connectivity index (χ3n) is 6.30. The molecule has 0 saturated heterocycles. The number of hydrogen-bond donors (Lipinski definition) is 4. The van der Waals surface area contributed by atoms with E-state index in [0.717, 1.165) is 45.6 Å². The number of aromatic nitrogens is 8. The minimum atomic E-state index is -0.985. The van der Waals surface area contributed by atoms with Crippen molar-refractivity contribution in [3.8, 4) is 22.8 Å². The molecule has 0 amide bonds. The van der Waals surface area contributed by atoms with Gasteiger partial charge in [-0.25, -0.2) is 9.97 Å². The monoisotopic (exact) mass is 580 g/mol. The van der Waals surface area contributed by atoms with Crippen molar-refractivity contribution in [2.24, 2.45) is 0 Å². The van der Waals surface area contributed by atoms with Crippen molar-refractivity contribution in [1.29, 1.82) is 0 Å². The van der Waals surface area contributed by atoms with Gasteiger partial charge in [0.25, 0.3) is 5.56 Å². The molecule has 5 heterocycles. The molecule has 0 fully saturated rings. The van der Waals surface area contributed by atoms with E-state index in [1.165, 1.54) is 0 Å². The normalized spacial score (nSPS) is 12.4. The molecule has 14 nitrogen and oxygen atoms in total. The summed E-state index contributed by atoms with van der Waals surface area (Å²) in [6.45, 7) is 2.32. The molecule has 4 N–H and O–H groups in total. The van der Waals surface area contributed by atoms with Crippen LogP contribution in [-0.4, -0.2) is 73.7 Å². The molecule has 0 bridgehead atoms. The van der Waals surface area contributed by atoms with Gasteiger partial charge in [0.15, 0.2) is 17.4 Å². The van der Waals surface area contributed by atoms with Gasteiger partial charge in [-0.2, -0.15) is 0 Å². The first-order chi connectivity index (χ1) is 19.3. The van der Waals surface area contributed by atoms with Crippen LogP contribution >= 0.6 is 23.5 Å². The molecule has 5 aromatic rings. The molecule has 0 radical (unpaired) electrons. The standard InChI is InChI=1S/C24H20N8O6S2/c1-10-18(21-26-24(30-28-21)40-9-17(35)36)15(38-31-10)6-11-4-12-2-3-32-19(12)13(5-11)7-14(22(32)37)20-25-23(29-27-20)39-8-16(33)34/h4-5,7H,2-3,6,8-9H2,1H3,(H,33,34)(H,35,36)(H,25,27,29)(H,26,28,30). The maximum absolute atomic E-state index is 13.3. The van der Waals surface area contributed by atoms with Crippen LogP contribution in [0.15, 0.2) is 37.8 Å². The Bertz CT molecular complexity index is 1860. The molecule has 0 saturated carbocycles. The van der Waals surface area contributed by atoms with Crippen LogP contribution in [0.5, 0.6) is 0 Å². The Hall–Kier alpha value is -4.44. The number of thioether (sulfide) groups is 2. The van der Waals surface area contributed by atoms with E-state index in [-0.39, 0.29) is 28.0 Å². The molecule has 0 spiro atoms. The van der Waals surface area contributed by atoms with E-state index in [4.69, 9.17) is 14.7 Å². The lowest BCUT2D eigenvalue weighted by molar-refractivity contribution is -0.134. The predicted octanol–water partition coefficient (Wildman–Crippen LogP) is 2.37. The number of carboxylic acids is 2. The van der Waals surface area contributed by atoms with E-state index >= 15 is 0 Å². The molecule has 16 heteroatoms. The molecule has 1 aliphatic rings. The molecule has 4 aromatic heterocycles. The Morgan fingerprint density at radius 1 is 1.02 bits per heavy atom. The Labute approximate surface area is 232 Å². The lowest BCUT2D eigenvalue weighted by Crippen LogP contribution is -2.20. The van der Waals surface area contributed by atoms with Crippen LogP contribution in [0.2, 0.25) is 0 Å². The second-order valence-corrected chi connectivity index (χ2v) is 10.9. The number of aliphatic carboxylic acids is 2. The van der Waals surface area contributed by atoms with E-state index in [1.54, 1.807) is 17.6 Å². The van der Waals surface area contributed by atoms with Gasteiger partial charge < -0.3 is 19.3 Å². The van der Waals surface area contributed by atoms with Crippen LogP contribution in [-0.2, 0) is 29.0 Å². The van der Waals surface area contributed by atoms with Crippen LogP contribution in [0.25, 0.3) is 33.7 Å². The number of hydrogen-bond acceptors (Lipinski definition) is 11. The second-order valence-electron chi connectivity index (χ2n) is 9.00. The van der Waals surface area contributed by atoms with Crippen molar-refractivity contribution in [2.75, 3.05) is 11.5 Å². The number of pyridine rings is 1. The third kappa shape index (κ3) is 4.86. The summed E-state index contributed by atoms with van der Waals surface area (Å²) in [5.74, 6) is -1.01. The molecular formula is C24H20N8O6S2. The zero-order valence-electron chi connectivity index (χ0n) is 20.8. The number of carbonyl (C=O) groups is 2. The Kier molecular flexibility index (Phi) is 6.63. The highest BCUT2D eigenvalue weighted by atomic mass is 32.2. The van der Waals surface area contributed by atoms with Crippen molar-refractivity contribution in [3.63, 3.8) is 0 Å². The van der Waals surface area contributed by atoms with Crippen molar-refractivity contribution < 1.29 is 24.3 Å². The number of rotatable bonds is 10. The minimum Gasteiger partial charge on any atom is -0.481 e. The van der Waals surface area contributed by atoms with Gasteiger partial charge in [0.05, 0.1) is 33.8 Å². The average Bonchev–Trinajstić information content (AvgIpc) is 3.71. The molecule has 1 aromatic carbocycles. The first-order valence-electron chi connectivity index (χ1n) is 12.0. The van der Waals surface area contributed by atoms with Crippen molar-refractivity contribution in [3.05, 3.63) is 51.1 Å². The highest BCUT2D eigenvalue weighted by Crippen LogP contribution is 2.32. The number of benzene rings is 1. The summed E-state index contributed by atoms with van der Waals surface area (Å²) in [5.41, 5.74) is 4.26. The number of H-pyrrole nitrogens is 2. The molecule has 204 valence electrons. The zero-order valence-corrected chi connectivity index (χ0v) is 22.4. The van der Waals surface area contributed by atoms with Gasteiger partial charge >= 0.3 is 11.9 Å². The summed E-state index contributed by atoms with van der Waals surface area (Å²) in [7, 11) is 0. The van der Waals surface area contributed by atoms with E-state index in [0.29, 0.717) is 52.9 Å². The Morgan fingerprint density at radius 3 is 2.40 bits per heavy atom. The molecule has 0 atom stereocenters. The van der Waals surface area contributed by atoms with E-state index in [2.05, 4.69) is 41.6 Å².